The van der Waals surface area contributed by atoms with Crippen molar-refractivity contribution in [3.8, 4) is 5.75 Å². The van der Waals surface area contributed by atoms with E-state index in [9.17, 15) is 9.90 Å². The van der Waals surface area contributed by atoms with Gasteiger partial charge in [0.15, 0.2) is 5.75 Å². The SMILES string of the molecule is CCSCCCOc1cnc2ccccc2c1C(=O)O. The number of hydrogen-bond acceptors (Lipinski definition) is 4. The Hall–Kier alpha value is -1.75. The van der Waals surface area contributed by atoms with Crippen LogP contribution in [-0.4, -0.2) is 34.2 Å². The topological polar surface area (TPSA) is 59.4 Å². The van der Waals surface area contributed by atoms with E-state index in [0.717, 1.165) is 17.9 Å². The van der Waals surface area contributed by atoms with Gasteiger partial charge in [-0.3, -0.25) is 4.98 Å². The van der Waals surface area contributed by atoms with E-state index in [0.29, 0.717) is 23.3 Å². The van der Waals surface area contributed by atoms with Gasteiger partial charge in [-0.1, -0.05) is 25.1 Å². The predicted octanol–water partition coefficient (Wildman–Crippen LogP) is 3.46. The van der Waals surface area contributed by atoms with Gasteiger partial charge in [0.1, 0.15) is 5.56 Å². The van der Waals surface area contributed by atoms with E-state index in [1.54, 1.807) is 18.2 Å². The Morgan fingerprint density at radius 3 is 2.95 bits per heavy atom. The van der Waals surface area contributed by atoms with E-state index in [-0.39, 0.29) is 5.56 Å². The second kappa shape index (κ2) is 7.14. The van der Waals surface area contributed by atoms with Crippen LogP contribution < -0.4 is 4.74 Å². The molecule has 0 atom stereocenters. The monoisotopic (exact) mass is 291 g/mol. The Kier molecular flexibility index (Phi) is 5.24. The fourth-order valence-corrected chi connectivity index (χ4v) is 2.55. The lowest BCUT2D eigenvalue weighted by Crippen LogP contribution is -2.06. The third kappa shape index (κ3) is 3.42. The molecular weight excluding hydrogens is 274 g/mol. The largest absolute Gasteiger partial charge is 0.491 e. The van der Waals surface area contributed by atoms with Crippen molar-refractivity contribution in [1.29, 1.82) is 0 Å². The quantitative estimate of drug-likeness (QED) is 0.792. The third-order valence-corrected chi connectivity index (χ3v) is 3.83. The van der Waals surface area contributed by atoms with Gasteiger partial charge in [-0.05, 0) is 24.0 Å². The minimum atomic E-state index is -0.985. The van der Waals surface area contributed by atoms with Gasteiger partial charge < -0.3 is 9.84 Å². The lowest BCUT2D eigenvalue weighted by Gasteiger charge is -2.10. The predicted molar refractivity (Wildman–Crippen MR) is 81.8 cm³/mol. The number of carboxylic acids is 1. The molecule has 0 bridgehead atoms. The molecule has 2 rings (SSSR count). The fraction of sp³-hybridized carbons (Fsp3) is 0.333. The van der Waals surface area contributed by atoms with Gasteiger partial charge in [-0.25, -0.2) is 4.79 Å². The van der Waals surface area contributed by atoms with Gasteiger partial charge in [0.2, 0.25) is 0 Å². The zero-order valence-electron chi connectivity index (χ0n) is 11.3. The number of benzene rings is 1. The van der Waals surface area contributed by atoms with Crippen molar-refractivity contribution in [1.82, 2.24) is 4.98 Å². The molecular formula is C15H17NO3S. The van der Waals surface area contributed by atoms with E-state index in [1.165, 1.54) is 6.20 Å². The Labute approximate surface area is 122 Å². The van der Waals surface area contributed by atoms with Crippen LogP contribution in [0.2, 0.25) is 0 Å². The molecule has 0 unspecified atom stereocenters. The molecule has 1 N–H and O–H groups in total. The second-order valence-corrected chi connectivity index (χ2v) is 5.61. The first-order valence-corrected chi connectivity index (χ1v) is 7.71. The van der Waals surface area contributed by atoms with Crippen LogP contribution in [-0.2, 0) is 0 Å². The van der Waals surface area contributed by atoms with Crippen molar-refractivity contribution >= 4 is 28.6 Å². The lowest BCUT2D eigenvalue weighted by atomic mass is 10.1. The number of hydrogen-bond donors (Lipinski definition) is 1. The first-order valence-electron chi connectivity index (χ1n) is 6.55. The zero-order chi connectivity index (χ0) is 14.4. The highest BCUT2D eigenvalue weighted by Crippen LogP contribution is 2.26. The van der Waals surface area contributed by atoms with Crippen LogP contribution in [0.3, 0.4) is 0 Å². The Balaban J connectivity index is 2.20. The van der Waals surface area contributed by atoms with Crippen molar-refractivity contribution in [2.75, 3.05) is 18.1 Å². The number of aromatic carboxylic acids is 1. The number of rotatable bonds is 7. The summed E-state index contributed by atoms with van der Waals surface area (Å²) in [4.78, 5) is 15.7. The maximum Gasteiger partial charge on any atom is 0.340 e. The van der Waals surface area contributed by atoms with E-state index in [1.807, 2.05) is 17.8 Å². The summed E-state index contributed by atoms with van der Waals surface area (Å²) in [6, 6.07) is 7.19. The van der Waals surface area contributed by atoms with Gasteiger partial charge in [0.05, 0.1) is 18.3 Å². The molecule has 0 spiro atoms. The number of ether oxygens (including phenoxy) is 1. The van der Waals surface area contributed by atoms with Crippen molar-refractivity contribution in [3.63, 3.8) is 0 Å². The zero-order valence-corrected chi connectivity index (χ0v) is 12.2. The number of para-hydroxylation sites is 1. The molecule has 0 aliphatic carbocycles. The maximum atomic E-state index is 11.5. The fourth-order valence-electron chi connectivity index (χ4n) is 1.94. The standard InChI is InChI=1S/C15H17NO3S/c1-2-20-9-5-8-19-13-10-16-12-7-4-3-6-11(12)14(13)15(17)18/h3-4,6-7,10H,2,5,8-9H2,1H3,(H,17,18). The Morgan fingerprint density at radius 2 is 2.20 bits per heavy atom. The van der Waals surface area contributed by atoms with Crippen molar-refractivity contribution < 1.29 is 14.6 Å². The summed E-state index contributed by atoms with van der Waals surface area (Å²) in [6.45, 7) is 2.62. The van der Waals surface area contributed by atoms with Crippen LogP contribution in [0, 0.1) is 0 Å². The number of nitrogens with zero attached hydrogens (tertiary/aromatic N) is 1. The normalized spacial score (nSPS) is 10.7. The molecule has 1 aromatic carbocycles. The summed E-state index contributed by atoms with van der Waals surface area (Å²) >= 11 is 1.84. The molecule has 0 radical (unpaired) electrons. The highest BCUT2D eigenvalue weighted by Gasteiger charge is 2.16. The second-order valence-electron chi connectivity index (χ2n) is 4.22. The minimum absolute atomic E-state index is 0.193. The number of carboxylic acid groups (broad SMARTS) is 1. The lowest BCUT2D eigenvalue weighted by molar-refractivity contribution is 0.0694. The molecule has 5 heteroatoms. The van der Waals surface area contributed by atoms with E-state index >= 15 is 0 Å². The summed E-state index contributed by atoms with van der Waals surface area (Å²) < 4.78 is 5.60. The van der Waals surface area contributed by atoms with Crippen LogP contribution in [0.25, 0.3) is 10.9 Å². The van der Waals surface area contributed by atoms with E-state index in [4.69, 9.17) is 4.74 Å². The maximum absolute atomic E-state index is 11.5. The number of aromatic nitrogens is 1. The molecule has 0 aliphatic heterocycles. The highest BCUT2D eigenvalue weighted by atomic mass is 32.2. The summed E-state index contributed by atoms with van der Waals surface area (Å²) in [6.07, 6.45) is 2.39. The Bertz CT molecular complexity index is 601. The first-order chi connectivity index (χ1) is 9.74. The first kappa shape index (κ1) is 14.7. The third-order valence-electron chi connectivity index (χ3n) is 2.85. The average Bonchev–Trinajstić information content (AvgIpc) is 2.46. The highest BCUT2D eigenvalue weighted by molar-refractivity contribution is 7.99. The van der Waals surface area contributed by atoms with E-state index in [2.05, 4.69) is 11.9 Å². The molecule has 0 aliphatic rings. The van der Waals surface area contributed by atoms with Crippen molar-refractivity contribution in [3.05, 3.63) is 36.0 Å². The molecule has 1 aromatic heterocycles. The van der Waals surface area contributed by atoms with Crippen LogP contribution in [0.1, 0.15) is 23.7 Å². The molecule has 2 aromatic rings. The van der Waals surface area contributed by atoms with Crippen LogP contribution in [0.4, 0.5) is 0 Å². The molecule has 4 nitrogen and oxygen atoms in total. The van der Waals surface area contributed by atoms with Crippen molar-refractivity contribution in [2.45, 2.75) is 13.3 Å². The van der Waals surface area contributed by atoms with Gasteiger partial charge >= 0.3 is 5.97 Å². The summed E-state index contributed by atoms with van der Waals surface area (Å²) in [5.41, 5.74) is 0.859. The average molecular weight is 291 g/mol. The summed E-state index contributed by atoms with van der Waals surface area (Å²) in [7, 11) is 0. The summed E-state index contributed by atoms with van der Waals surface area (Å²) in [5.74, 6) is 1.46. The molecule has 0 saturated heterocycles. The molecule has 0 fully saturated rings. The van der Waals surface area contributed by atoms with Gasteiger partial charge in [-0.2, -0.15) is 11.8 Å². The minimum Gasteiger partial charge on any atom is -0.491 e. The number of pyridine rings is 1. The van der Waals surface area contributed by atoms with Gasteiger partial charge in [-0.15, -0.1) is 0 Å². The Morgan fingerprint density at radius 1 is 1.40 bits per heavy atom. The van der Waals surface area contributed by atoms with Crippen LogP contribution in [0.5, 0.6) is 5.75 Å². The smallest absolute Gasteiger partial charge is 0.340 e. The van der Waals surface area contributed by atoms with Crippen molar-refractivity contribution in [2.24, 2.45) is 0 Å². The number of carbonyl (C=O) groups is 1. The van der Waals surface area contributed by atoms with Crippen LogP contribution in [0.15, 0.2) is 30.5 Å². The number of fused-ring (bicyclic) bond motifs is 1. The summed E-state index contributed by atoms with van der Waals surface area (Å²) in [5, 5.41) is 10.0. The van der Waals surface area contributed by atoms with Crippen LogP contribution >= 0.6 is 11.8 Å². The number of thioether (sulfide) groups is 1. The molecule has 0 saturated carbocycles. The molecule has 106 valence electrons. The van der Waals surface area contributed by atoms with E-state index < -0.39 is 5.97 Å². The van der Waals surface area contributed by atoms with Gasteiger partial charge in [0, 0.05) is 5.39 Å². The molecule has 20 heavy (non-hydrogen) atoms. The molecule has 0 amide bonds. The van der Waals surface area contributed by atoms with Gasteiger partial charge in [0.25, 0.3) is 0 Å². The molecule has 1 heterocycles.